The molecule has 4 heteroatoms. The molecule has 3 nitrogen and oxygen atoms in total. The summed E-state index contributed by atoms with van der Waals surface area (Å²) in [7, 11) is 1.93. The highest BCUT2D eigenvalue weighted by atomic mass is 32.2. The summed E-state index contributed by atoms with van der Waals surface area (Å²) in [6.45, 7) is 1.92. The summed E-state index contributed by atoms with van der Waals surface area (Å²) in [6, 6.07) is 10.3. The first-order chi connectivity index (χ1) is 9.80. The Balaban J connectivity index is 1.91. The lowest BCUT2D eigenvalue weighted by Gasteiger charge is -2.33. The van der Waals surface area contributed by atoms with Crippen LogP contribution in [-0.4, -0.2) is 43.0 Å². The van der Waals surface area contributed by atoms with E-state index in [2.05, 4.69) is 17.4 Å². The molecule has 1 saturated heterocycles. The van der Waals surface area contributed by atoms with Crippen molar-refractivity contribution in [3.8, 4) is 0 Å². The SMILES string of the molecule is CNC(CO)(CCSC1CCOCC1)c1ccccc1. The molecule has 20 heavy (non-hydrogen) atoms. The van der Waals surface area contributed by atoms with Crippen molar-refractivity contribution in [3.05, 3.63) is 35.9 Å². The minimum absolute atomic E-state index is 0.127. The Morgan fingerprint density at radius 1 is 1.30 bits per heavy atom. The highest BCUT2D eigenvalue weighted by molar-refractivity contribution is 7.99. The quantitative estimate of drug-likeness (QED) is 0.810. The zero-order chi connectivity index (χ0) is 14.3. The van der Waals surface area contributed by atoms with Crippen molar-refractivity contribution in [2.24, 2.45) is 0 Å². The van der Waals surface area contributed by atoms with Gasteiger partial charge in [0.2, 0.25) is 0 Å². The van der Waals surface area contributed by atoms with Gasteiger partial charge in [0, 0.05) is 18.5 Å². The number of hydrogen-bond donors (Lipinski definition) is 2. The number of ether oxygens (including phenoxy) is 1. The molecule has 0 amide bonds. The first-order valence-corrected chi connectivity index (χ1v) is 8.40. The van der Waals surface area contributed by atoms with Gasteiger partial charge < -0.3 is 15.2 Å². The largest absolute Gasteiger partial charge is 0.394 e. The van der Waals surface area contributed by atoms with E-state index in [9.17, 15) is 5.11 Å². The van der Waals surface area contributed by atoms with Gasteiger partial charge >= 0.3 is 0 Å². The van der Waals surface area contributed by atoms with E-state index in [1.807, 2.05) is 37.0 Å². The van der Waals surface area contributed by atoms with Crippen molar-refractivity contribution in [1.29, 1.82) is 0 Å². The van der Waals surface area contributed by atoms with Crippen LogP contribution >= 0.6 is 11.8 Å². The summed E-state index contributed by atoms with van der Waals surface area (Å²) in [4.78, 5) is 0. The van der Waals surface area contributed by atoms with Gasteiger partial charge in [0.05, 0.1) is 12.1 Å². The molecule has 1 atom stereocenters. The van der Waals surface area contributed by atoms with Gasteiger partial charge in [-0.25, -0.2) is 0 Å². The maximum atomic E-state index is 9.88. The zero-order valence-corrected chi connectivity index (χ0v) is 13.0. The summed E-state index contributed by atoms with van der Waals surface area (Å²) in [5.41, 5.74) is 0.844. The highest BCUT2D eigenvalue weighted by Gasteiger charge is 2.29. The molecule has 1 aliphatic heterocycles. The standard InChI is InChI=1S/C16H25NO2S/c1-17-16(13-18,14-5-3-2-4-6-14)9-12-20-15-7-10-19-11-8-15/h2-6,15,17-18H,7-13H2,1H3. The van der Waals surface area contributed by atoms with Crippen molar-refractivity contribution in [3.63, 3.8) is 0 Å². The van der Waals surface area contributed by atoms with Crippen LogP contribution in [0.5, 0.6) is 0 Å². The topological polar surface area (TPSA) is 41.5 Å². The maximum absolute atomic E-state index is 9.88. The fourth-order valence-electron chi connectivity index (χ4n) is 2.66. The molecule has 1 aliphatic rings. The number of likely N-dealkylation sites (N-methyl/N-ethyl adjacent to an activating group) is 1. The summed E-state index contributed by atoms with van der Waals surface area (Å²) >= 11 is 2.02. The number of hydrogen-bond acceptors (Lipinski definition) is 4. The minimum Gasteiger partial charge on any atom is -0.394 e. The Morgan fingerprint density at radius 2 is 2.00 bits per heavy atom. The first kappa shape index (κ1) is 15.8. The van der Waals surface area contributed by atoms with Crippen molar-refractivity contribution >= 4 is 11.8 Å². The Hall–Kier alpha value is -0.550. The van der Waals surface area contributed by atoms with Crippen LogP contribution in [0.15, 0.2) is 30.3 Å². The average Bonchev–Trinajstić information content (AvgIpc) is 2.54. The van der Waals surface area contributed by atoms with E-state index >= 15 is 0 Å². The fourth-order valence-corrected chi connectivity index (χ4v) is 3.99. The fraction of sp³-hybridized carbons (Fsp3) is 0.625. The van der Waals surface area contributed by atoms with Crippen LogP contribution in [0.1, 0.15) is 24.8 Å². The molecule has 1 aromatic rings. The number of benzene rings is 1. The molecule has 1 heterocycles. The normalized spacial score (nSPS) is 19.7. The summed E-state index contributed by atoms with van der Waals surface area (Å²) in [5.74, 6) is 1.06. The second kappa shape index (κ2) is 8.03. The van der Waals surface area contributed by atoms with Crippen LogP contribution < -0.4 is 5.32 Å². The molecular weight excluding hydrogens is 270 g/mol. The molecular formula is C16H25NO2S. The number of thioether (sulfide) groups is 1. The lowest BCUT2D eigenvalue weighted by Crippen LogP contribution is -2.44. The highest BCUT2D eigenvalue weighted by Crippen LogP contribution is 2.29. The number of nitrogens with one attached hydrogen (secondary N) is 1. The van der Waals surface area contributed by atoms with Crippen LogP contribution in [0, 0.1) is 0 Å². The molecule has 0 bridgehead atoms. The van der Waals surface area contributed by atoms with E-state index in [4.69, 9.17) is 4.74 Å². The van der Waals surface area contributed by atoms with E-state index in [0.717, 1.165) is 43.8 Å². The van der Waals surface area contributed by atoms with Crippen LogP contribution in [0.4, 0.5) is 0 Å². The predicted molar refractivity (Wildman–Crippen MR) is 85.2 cm³/mol. The van der Waals surface area contributed by atoms with Crippen LogP contribution in [-0.2, 0) is 10.3 Å². The van der Waals surface area contributed by atoms with E-state index < -0.39 is 0 Å². The van der Waals surface area contributed by atoms with E-state index in [0.29, 0.717) is 5.25 Å². The molecule has 2 rings (SSSR count). The Bertz CT molecular complexity index is 375. The van der Waals surface area contributed by atoms with Gasteiger partial charge in [-0.05, 0) is 37.6 Å². The van der Waals surface area contributed by atoms with Crippen molar-refractivity contribution < 1.29 is 9.84 Å². The zero-order valence-electron chi connectivity index (χ0n) is 12.2. The van der Waals surface area contributed by atoms with Crippen molar-refractivity contribution in [2.75, 3.05) is 32.6 Å². The smallest absolute Gasteiger partial charge is 0.0674 e. The van der Waals surface area contributed by atoms with E-state index in [1.54, 1.807) is 0 Å². The minimum atomic E-state index is -0.320. The Morgan fingerprint density at radius 3 is 2.60 bits per heavy atom. The Labute approximate surface area is 126 Å². The number of aliphatic hydroxyl groups is 1. The van der Waals surface area contributed by atoms with E-state index in [-0.39, 0.29) is 12.1 Å². The van der Waals surface area contributed by atoms with Gasteiger partial charge in [0.15, 0.2) is 0 Å². The van der Waals surface area contributed by atoms with Gasteiger partial charge in [-0.2, -0.15) is 11.8 Å². The molecule has 0 aromatic heterocycles. The summed E-state index contributed by atoms with van der Waals surface area (Å²) < 4.78 is 5.39. The van der Waals surface area contributed by atoms with Crippen LogP contribution in [0.2, 0.25) is 0 Å². The number of rotatable bonds is 7. The lowest BCUT2D eigenvalue weighted by molar-refractivity contribution is 0.0999. The monoisotopic (exact) mass is 295 g/mol. The van der Waals surface area contributed by atoms with Gasteiger partial charge in [-0.1, -0.05) is 30.3 Å². The summed E-state index contributed by atoms with van der Waals surface area (Å²) in [6.07, 6.45) is 3.25. The second-order valence-electron chi connectivity index (χ2n) is 5.29. The lowest BCUT2D eigenvalue weighted by atomic mass is 9.88. The number of aliphatic hydroxyl groups excluding tert-OH is 1. The molecule has 0 aliphatic carbocycles. The average molecular weight is 295 g/mol. The van der Waals surface area contributed by atoms with Crippen LogP contribution in [0.3, 0.4) is 0 Å². The molecule has 0 spiro atoms. The molecule has 112 valence electrons. The third-order valence-electron chi connectivity index (χ3n) is 4.13. The predicted octanol–water partition coefficient (Wildman–Crippen LogP) is 2.40. The molecule has 2 N–H and O–H groups in total. The Kier molecular flexibility index (Phi) is 6.36. The van der Waals surface area contributed by atoms with Gasteiger partial charge in [-0.15, -0.1) is 0 Å². The van der Waals surface area contributed by atoms with Gasteiger partial charge in [0.1, 0.15) is 0 Å². The second-order valence-corrected chi connectivity index (χ2v) is 6.70. The third-order valence-corrected chi connectivity index (χ3v) is 5.51. The first-order valence-electron chi connectivity index (χ1n) is 7.35. The molecule has 1 aromatic carbocycles. The van der Waals surface area contributed by atoms with Crippen molar-refractivity contribution in [2.45, 2.75) is 30.1 Å². The van der Waals surface area contributed by atoms with Gasteiger partial charge in [-0.3, -0.25) is 0 Å². The molecule has 1 unspecified atom stereocenters. The molecule has 0 radical (unpaired) electrons. The third kappa shape index (κ3) is 3.98. The van der Waals surface area contributed by atoms with Crippen molar-refractivity contribution in [1.82, 2.24) is 5.32 Å². The molecule has 0 saturated carbocycles. The summed E-state index contributed by atoms with van der Waals surface area (Å²) in [5, 5.41) is 13.9. The van der Waals surface area contributed by atoms with E-state index in [1.165, 1.54) is 0 Å². The maximum Gasteiger partial charge on any atom is 0.0674 e. The van der Waals surface area contributed by atoms with Gasteiger partial charge in [0.25, 0.3) is 0 Å². The molecule has 1 fully saturated rings. The van der Waals surface area contributed by atoms with Crippen LogP contribution in [0.25, 0.3) is 0 Å².